The first-order valence-electron chi connectivity index (χ1n) is 9.04. The number of aromatic nitrogens is 3. The first-order valence-corrected chi connectivity index (χ1v) is 9.92. The summed E-state index contributed by atoms with van der Waals surface area (Å²) in [5, 5.41) is 4.75. The maximum absolute atomic E-state index is 12.6. The third kappa shape index (κ3) is 6.66. The summed E-state index contributed by atoms with van der Waals surface area (Å²) in [5.41, 5.74) is -0.831. The molecule has 2 aromatic heterocycles. The van der Waals surface area contributed by atoms with Crippen LogP contribution >= 0.6 is 35.3 Å². The quantitative estimate of drug-likeness (QED) is 0.357. The number of nitrogens with zero attached hydrogens (tertiary/aromatic N) is 6. The lowest BCUT2D eigenvalue weighted by Gasteiger charge is -2.36. The lowest BCUT2D eigenvalue weighted by atomic mass is 10.3. The van der Waals surface area contributed by atoms with Crippen molar-refractivity contribution < 1.29 is 13.2 Å². The van der Waals surface area contributed by atoms with Gasteiger partial charge in [-0.3, -0.25) is 4.99 Å². The van der Waals surface area contributed by atoms with Crippen LogP contribution in [0.15, 0.2) is 28.8 Å². The van der Waals surface area contributed by atoms with Crippen LogP contribution in [0.4, 0.5) is 19.1 Å². The molecule has 3 rings (SSSR count). The van der Waals surface area contributed by atoms with Gasteiger partial charge in [0.2, 0.25) is 5.95 Å². The molecule has 1 saturated heterocycles. The Morgan fingerprint density at radius 1 is 1.21 bits per heavy atom. The smallest absolute Gasteiger partial charge is 0.357 e. The summed E-state index contributed by atoms with van der Waals surface area (Å²) in [5.74, 6) is 1.48. The molecule has 0 saturated carbocycles. The molecule has 0 radical (unpaired) electrons. The number of piperazine rings is 1. The van der Waals surface area contributed by atoms with Gasteiger partial charge in [0.15, 0.2) is 11.7 Å². The number of aliphatic imine (C=N–C) groups is 1. The van der Waals surface area contributed by atoms with Gasteiger partial charge >= 0.3 is 6.18 Å². The second-order valence-electron chi connectivity index (χ2n) is 6.13. The van der Waals surface area contributed by atoms with Gasteiger partial charge in [0, 0.05) is 63.5 Å². The Labute approximate surface area is 188 Å². The molecule has 1 aliphatic heterocycles. The molecule has 7 nitrogen and oxygen atoms in total. The third-order valence-corrected chi connectivity index (χ3v) is 5.09. The van der Waals surface area contributed by atoms with Gasteiger partial charge in [-0.2, -0.15) is 13.2 Å². The minimum Gasteiger partial charge on any atom is -0.357 e. The van der Waals surface area contributed by atoms with Crippen LogP contribution in [0.2, 0.25) is 0 Å². The monoisotopic (exact) mass is 541 g/mol. The zero-order chi connectivity index (χ0) is 20.0. The molecule has 0 amide bonds. The number of anilines is 1. The van der Waals surface area contributed by atoms with Crippen molar-refractivity contribution >= 4 is 47.2 Å². The molecule has 0 aromatic carbocycles. The Hall–Kier alpha value is -1.70. The van der Waals surface area contributed by atoms with Crippen LogP contribution in [0.25, 0.3) is 0 Å². The van der Waals surface area contributed by atoms with E-state index in [2.05, 4.69) is 35.1 Å². The van der Waals surface area contributed by atoms with Crippen molar-refractivity contribution in [3.05, 3.63) is 34.5 Å². The van der Waals surface area contributed by atoms with E-state index in [0.29, 0.717) is 23.9 Å². The van der Waals surface area contributed by atoms with Crippen LogP contribution in [-0.4, -0.2) is 65.1 Å². The SMILES string of the molecule is CCNC(=NCCc1nc(C(F)(F)F)cs1)N1CCN(c2ncccn2)CC1.I. The highest BCUT2D eigenvalue weighted by molar-refractivity contribution is 14.0. The van der Waals surface area contributed by atoms with Gasteiger partial charge in [-0.1, -0.05) is 0 Å². The maximum Gasteiger partial charge on any atom is 0.434 e. The van der Waals surface area contributed by atoms with E-state index < -0.39 is 11.9 Å². The van der Waals surface area contributed by atoms with Crippen LogP contribution < -0.4 is 10.2 Å². The maximum atomic E-state index is 12.6. The molecule has 1 N–H and O–H groups in total. The third-order valence-electron chi connectivity index (χ3n) is 4.18. The number of rotatable bonds is 5. The number of nitrogens with one attached hydrogen (secondary N) is 1. The first-order chi connectivity index (χ1) is 13.5. The van der Waals surface area contributed by atoms with Gasteiger partial charge < -0.3 is 15.1 Å². The summed E-state index contributed by atoms with van der Waals surface area (Å²) in [6.45, 7) is 6.16. The predicted octanol–water partition coefficient (Wildman–Crippen LogP) is 2.90. The Balaban J connectivity index is 0.00000300. The van der Waals surface area contributed by atoms with Crippen molar-refractivity contribution in [2.75, 3.05) is 44.2 Å². The zero-order valence-electron chi connectivity index (χ0n) is 15.9. The lowest BCUT2D eigenvalue weighted by Crippen LogP contribution is -2.53. The Morgan fingerprint density at radius 3 is 2.48 bits per heavy atom. The Morgan fingerprint density at radius 2 is 1.90 bits per heavy atom. The summed E-state index contributed by atoms with van der Waals surface area (Å²) in [7, 11) is 0. The second kappa shape index (κ2) is 10.9. The molecule has 12 heteroatoms. The van der Waals surface area contributed by atoms with Gasteiger partial charge in [0.1, 0.15) is 0 Å². The summed E-state index contributed by atoms with van der Waals surface area (Å²) in [6.07, 6.45) is -0.561. The molecule has 1 fully saturated rings. The molecule has 0 aliphatic carbocycles. The zero-order valence-corrected chi connectivity index (χ0v) is 19.0. The fourth-order valence-electron chi connectivity index (χ4n) is 2.81. The number of thiazole rings is 1. The van der Waals surface area contributed by atoms with E-state index >= 15 is 0 Å². The number of hydrogen-bond donors (Lipinski definition) is 1. The summed E-state index contributed by atoms with van der Waals surface area (Å²) in [4.78, 5) is 21.0. The van der Waals surface area contributed by atoms with E-state index in [0.717, 1.165) is 55.4 Å². The molecule has 2 aromatic rings. The highest BCUT2D eigenvalue weighted by Crippen LogP contribution is 2.30. The highest BCUT2D eigenvalue weighted by Gasteiger charge is 2.33. The van der Waals surface area contributed by atoms with Crippen LogP contribution in [0.5, 0.6) is 0 Å². The van der Waals surface area contributed by atoms with Crippen LogP contribution in [0, 0.1) is 0 Å². The Kier molecular flexibility index (Phi) is 8.86. The summed E-state index contributed by atoms with van der Waals surface area (Å²) < 4.78 is 37.9. The van der Waals surface area contributed by atoms with Crippen LogP contribution in [0.3, 0.4) is 0 Å². The molecule has 0 unspecified atom stereocenters. The van der Waals surface area contributed by atoms with Crippen molar-refractivity contribution in [1.82, 2.24) is 25.2 Å². The summed E-state index contributed by atoms with van der Waals surface area (Å²) >= 11 is 1.02. The topological polar surface area (TPSA) is 69.5 Å². The lowest BCUT2D eigenvalue weighted by molar-refractivity contribution is -0.140. The minimum atomic E-state index is -4.39. The van der Waals surface area contributed by atoms with Gasteiger partial charge in [0.05, 0.1) is 5.01 Å². The van der Waals surface area contributed by atoms with Crippen molar-refractivity contribution in [2.24, 2.45) is 4.99 Å². The fraction of sp³-hybridized carbons (Fsp3) is 0.529. The number of guanidine groups is 1. The molecule has 160 valence electrons. The fourth-order valence-corrected chi connectivity index (χ4v) is 3.61. The van der Waals surface area contributed by atoms with Gasteiger partial charge in [-0.25, -0.2) is 15.0 Å². The van der Waals surface area contributed by atoms with E-state index in [1.165, 1.54) is 0 Å². The second-order valence-corrected chi connectivity index (χ2v) is 7.08. The molecule has 29 heavy (non-hydrogen) atoms. The minimum absolute atomic E-state index is 0. The van der Waals surface area contributed by atoms with E-state index in [-0.39, 0.29) is 24.0 Å². The molecule has 0 atom stereocenters. The first kappa shape index (κ1) is 23.6. The molecule has 1 aliphatic rings. The predicted molar refractivity (Wildman–Crippen MR) is 118 cm³/mol. The van der Waals surface area contributed by atoms with Crippen molar-refractivity contribution in [3.63, 3.8) is 0 Å². The summed E-state index contributed by atoms with van der Waals surface area (Å²) in [6, 6.07) is 1.79. The van der Waals surface area contributed by atoms with Crippen molar-refractivity contribution in [2.45, 2.75) is 19.5 Å². The Bertz CT molecular complexity index is 777. The van der Waals surface area contributed by atoms with E-state index in [1.54, 1.807) is 18.5 Å². The number of hydrogen-bond acceptors (Lipinski definition) is 6. The highest BCUT2D eigenvalue weighted by atomic mass is 127. The average Bonchev–Trinajstić information content (AvgIpc) is 3.18. The van der Waals surface area contributed by atoms with Gasteiger partial charge in [-0.15, -0.1) is 35.3 Å². The standard InChI is InChI=1S/C17H22F3N7S.HI/c1-2-21-15(24-7-4-14-25-13(12-28-14)17(18,19)20)26-8-10-27(11-9-26)16-22-5-3-6-23-16;/h3,5-6,12H,2,4,7-11H2,1H3,(H,21,24);1H. The van der Waals surface area contributed by atoms with E-state index in [1.807, 2.05) is 6.92 Å². The average molecular weight is 541 g/mol. The largest absolute Gasteiger partial charge is 0.434 e. The van der Waals surface area contributed by atoms with Crippen LogP contribution in [0.1, 0.15) is 17.6 Å². The van der Waals surface area contributed by atoms with Gasteiger partial charge in [-0.05, 0) is 13.0 Å². The molecular formula is C17H23F3IN7S. The number of alkyl halides is 3. The molecule has 3 heterocycles. The number of halogens is 4. The van der Waals surface area contributed by atoms with E-state index in [4.69, 9.17) is 0 Å². The van der Waals surface area contributed by atoms with E-state index in [9.17, 15) is 13.2 Å². The normalized spacial score (nSPS) is 15.2. The molecule has 0 spiro atoms. The molecule has 0 bridgehead atoms. The van der Waals surface area contributed by atoms with Crippen LogP contribution in [-0.2, 0) is 12.6 Å². The molecular weight excluding hydrogens is 518 g/mol. The van der Waals surface area contributed by atoms with Crippen molar-refractivity contribution in [1.29, 1.82) is 0 Å². The van der Waals surface area contributed by atoms with Gasteiger partial charge in [0.25, 0.3) is 0 Å². The van der Waals surface area contributed by atoms with Crippen molar-refractivity contribution in [3.8, 4) is 0 Å².